The van der Waals surface area contributed by atoms with Crippen LogP contribution >= 0.6 is 31.9 Å². The van der Waals surface area contributed by atoms with E-state index in [1.807, 2.05) is 24.4 Å². The Morgan fingerprint density at radius 1 is 1.29 bits per heavy atom. The molecule has 2 aromatic heterocycles. The number of H-pyrrole nitrogens is 1. The number of aromatic nitrogens is 2. The van der Waals surface area contributed by atoms with Crippen LogP contribution in [0, 0.1) is 0 Å². The van der Waals surface area contributed by atoms with Crippen LogP contribution < -0.4 is 10.1 Å². The Labute approximate surface area is 139 Å². The number of rotatable bonds is 4. The van der Waals surface area contributed by atoms with Gasteiger partial charge in [-0.05, 0) is 55.6 Å². The van der Waals surface area contributed by atoms with Crippen LogP contribution in [0.2, 0.25) is 0 Å². The molecular formula is C15H13Br2N3O. The van der Waals surface area contributed by atoms with Gasteiger partial charge in [0.25, 0.3) is 0 Å². The molecule has 0 aliphatic carbocycles. The number of nitrogens with one attached hydrogen (secondary N) is 2. The molecule has 0 unspecified atom stereocenters. The Balaban J connectivity index is 1.85. The molecule has 0 amide bonds. The third-order valence-corrected chi connectivity index (χ3v) is 4.52. The SMILES string of the molecule is COc1cc(NCc2c[nH]c3ncccc23)c(Br)cc1Br. The highest BCUT2D eigenvalue weighted by Crippen LogP contribution is 2.34. The lowest BCUT2D eigenvalue weighted by Gasteiger charge is -2.11. The second-order valence-electron chi connectivity index (χ2n) is 4.53. The number of ether oxygens (including phenoxy) is 1. The van der Waals surface area contributed by atoms with Gasteiger partial charge in [-0.3, -0.25) is 0 Å². The predicted molar refractivity (Wildman–Crippen MR) is 91.8 cm³/mol. The van der Waals surface area contributed by atoms with E-state index in [0.29, 0.717) is 6.54 Å². The monoisotopic (exact) mass is 409 g/mol. The van der Waals surface area contributed by atoms with Crippen LogP contribution in [0.3, 0.4) is 0 Å². The molecule has 3 aromatic rings. The average molecular weight is 411 g/mol. The molecule has 2 heterocycles. The van der Waals surface area contributed by atoms with Crippen LogP contribution in [0.1, 0.15) is 5.56 Å². The summed E-state index contributed by atoms with van der Waals surface area (Å²) in [5.41, 5.74) is 3.06. The van der Waals surface area contributed by atoms with E-state index < -0.39 is 0 Å². The number of aromatic amines is 1. The first-order chi connectivity index (χ1) is 10.2. The summed E-state index contributed by atoms with van der Waals surface area (Å²) in [4.78, 5) is 7.47. The number of hydrogen-bond acceptors (Lipinski definition) is 3. The van der Waals surface area contributed by atoms with Crippen LogP contribution in [0.4, 0.5) is 5.69 Å². The largest absolute Gasteiger partial charge is 0.495 e. The molecule has 0 bridgehead atoms. The fourth-order valence-electron chi connectivity index (χ4n) is 2.17. The quantitative estimate of drug-likeness (QED) is 0.654. The van der Waals surface area contributed by atoms with Crippen molar-refractivity contribution in [1.82, 2.24) is 9.97 Å². The van der Waals surface area contributed by atoms with Gasteiger partial charge >= 0.3 is 0 Å². The van der Waals surface area contributed by atoms with Crippen molar-refractivity contribution < 1.29 is 4.74 Å². The summed E-state index contributed by atoms with van der Waals surface area (Å²) in [5, 5.41) is 4.54. The van der Waals surface area contributed by atoms with Crippen molar-refractivity contribution in [3.63, 3.8) is 0 Å². The first-order valence-electron chi connectivity index (χ1n) is 6.37. The first kappa shape index (κ1) is 14.4. The number of benzene rings is 1. The lowest BCUT2D eigenvalue weighted by Crippen LogP contribution is -2.00. The summed E-state index contributed by atoms with van der Waals surface area (Å²) in [6.45, 7) is 0.703. The number of methoxy groups -OCH3 is 1. The summed E-state index contributed by atoms with van der Waals surface area (Å²) in [6.07, 6.45) is 3.76. The molecule has 0 fully saturated rings. The molecule has 2 N–H and O–H groups in total. The highest BCUT2D eigenvalue weighted by molar-refractivity contribution is 9.11. The van der Waals surface area contributed by atoms with Crippen LogP contribution in [-0.2, 0) is 6.54 Å². The minimum absolute atomic E-state index is 0.703. The van der Waals surface area contributed by atoms with Gasteiger partial charge in [-0.25, -0.2) is 4.98 Å². The molecule has 4 nitrogen and oxygen atoms in total. The molecule has 3 rings (SSSR count). The zero-order chi connectivity index (χ0) is 14.8. The lowest BCUT2D eigenvalue weighted by molar-refractivity contribution is 0.412. The van der Waals surface area contributed by atoms with Crippen molar-refractivity contribution >= 4 is 48.6 Å². The van der Waals surface area contributed by atoms with Gasteiger partial charge in [0, 0.05) is 34.9 Å². The van der Waals surface area contributed by atoms with E-state index in [1.165, 1.54) is 5.56 Å². The number of halogens is 2. The number of nitrogens with zero attached hydrogens (tertiary/aromatic N) is 1. The maximum Gasteiger partial charge on any atom is 0.137 e. The normalized spacial score (nSPS) is 10.8. The average Bonchev–Trinajstić information content (AvgIpc) is 2.90. The molecule has 21 heavy (non-hydrogen) atoms. The number of hydrogen-bond donors (Lipinski definition) is 2. The maximum absolute atomic E-state index is 5.32. The molecule has 0 saturated heterocycles. The van der Waals surface area contributed by atoms with Crippen molar-refractivity contribution in [1.29, 1.82) is 0 Å². The minimum atomic E-state index is 0.703. The highest BCUT2D eigenvalue weighted by atomic mass is 79.9. The third kappa shape index (κ3) is 2.91. The smallest absolute Gasteiger partial charge is 0.137 e. The van der Waals surface area contributed by atoms with Crippen LogP contribution in [-0.4, -0.2) is 17.1 Å². The molecule has 0 radical (unpaired) electrons. The predicted octanol–water partition coefficient (Wildman–Crippen LogP) is 4.71. The first-order valence-corrected chi connectivity index (χ1v) is 7.95. The fourth-order valence-corrected chi connectivity index (χ4v) is 3.47. The molecule has 0 atom stereocenters. The second kappa shape index (κ2) is 6.07. The summed E-state index contributed by atoms with van der Waals surface area (Å²) >= 11 is 7.02. The van der Waals surface area contributed by atoms with Crippen molar-refractivity contribution in [2.24, 2.45) is 0 Å². The number of anilines is 1. The van der Waals surface area contributed by atoms with E-state index >= 15 is 0 Å². The Morgan fingerprint density at radius 3 is 2.95 bits per heavy atom. The molecule has 0 spiro atoms. The lowest BCUT2D eigenvalue weighted by atomic mass is 10.2. The standard InChI is InChI=1S/C15H13Br2N3O/c1-21-14-6-13(11(16)5-12(14)17)19-7-9-8-20-15-10(9)3-2-4-18-15/h2-6,8,19H,7H2,1H3,(H,18,20). The van der Waals surface area contributed by atoms with Crippen molar-refractivity contribution in [3.8, 4) is 5.75 Å². The van der Waals surface area contributed by atoms with E-state index in [4.69, 9.17) is 4.74 Å². The van der Waals surface area contributed by atoms with Gasteiger partial charge in [0.1, 0.15) is 11.4 Å². The van der Waals surface area contributed by atoms with E-state index in [1.54, 1.807) is 13.3 Å². The highest BCUT2D eigenvalue weighted by Gasteiger charge is 2.08. The second-order valence-corrected chi connectivity index (χ2v) is 6.24. The van der Waals surface area contributed by atoms with Crippen molar-refractivity contribution in [2.75, 3.05) is 12.4 Å². The zero-order valence-corrected chi connectivity index (χ0v) is 14.5. The Bertz CT molecular complexity index is 786. The van der Waals surface area contributed by atoms with E-state index in [2.05, 4.69) is 53.2 Å². The van der Waals surface area contributed by atoms with Gasteiger partial charge in [-0.2, -0.15) is 0 Å². The molecule has 1 aromatic carbocycles. The van der Waals surface area contributed by atoms with Gasteiger partial charge < -0.3 is 15.0 Å². The number of fused-ring (bicyclic) bond motifs is 1. The minimum Gasteiger partial charge on any atom is -0.495 e. The topological polar surface area (TPSA) is 49.9 Å². The van der Waals surface area contributed by atoms with E-state index in [-0.39, 0.29) is 0 Å². The van der Waals surface area contributed by atoms with E-state index in [9.17, 15) is 0 Å². The fraction of sp³-hybridized carbons (Fsp3) is 0.133. The Hall–Kier alpha value is -1.53. The summed E-state index contributed by atoms with van der Waals surface area (Å²) in [6, 6.07) is 7.94. The Morgan fingerprint density at radius 2 is 2.14 bits per heavy atom. The van der Waals surface area contributed by atoms with Crippen LogP contribution in [0.15, 0.2) is 45.6 Å². The van der Waals surface area contributed by atoms with Crippen LogP contribution in [0.25, 0.3) is 11.0 Å². The number of pyridine rings is 1. The van der Waals surface area contributed by atoms with Gasteiger partial charge in [0.05, 0.1) is 17.3 Å². The molecule has 0 aliphatic heterocycles. The van der Waals surface area contributed by atoms with Crippen LogP contribution in [0.5, 0.6) is 5.75 Å². The molecule has 108 valence electrons. The van der Waals surface area contributed by atoms with Crippen molar-refractivity contribution in [2.45, 2.75) is 6.54 Å². The summed E-state index contributed by atoms with van der Waals surface area (Å²) in [7, 11) is 1.66. The summed E-state index contributed by atoms with van der Waals surface area (Å²) < 4.78 is 7.22. The molecule has 0 saturated carbocycles. The van der Waals surface area contributed by atoms with Gasteiger partial charge in [0.2, 0.25) is 0 Å². The van der Waals surface area contributed by atoms with Gasteiger partial charge in [0.15, 0.2) is 0 Å². The van der Waals surface area contributed by atoms with E-state index in [0.717, 1.165) is 31.4 Å². The van der Waals surface area contributed by atoms with Crippen molar-refractivity contribution in [3.05, 3.63) is 51.2 Å². The zero-order valence-electron chi connectivity index (χ0n) is 11.3. The Kier molecular flexibility index (Phi) is 4.17. The summed E-state index contributed by atoms with van der Waals surface area (Å²) in [5.74, 6) is 0.793. The molecular weight excluding hydrogens is 398 g/mol. The van der Waals surface area contributed by atoms with Gasteiger partial charge in [-0.1, -0.05) is 0 Å². The van der Waals surface area contributed by atoms with Gasteiger partial charge in [-0.15, -0.1) is 0 Å². The molecule has 0 aliphatic rings. The third-order valence-electron chi connectivity index (χ3n) is 3.25. The maximum atomic E-state index is 5.32. The molecule has 6 heteroatoms.